The topological polar surface area (TPSA) is 34.0 Å². The minimum Gasteiger partial charge on any atom is -0.366 e. The lowest BCUT2D eigenvalue weighted by Gasteiger charge is -2.30. The van der Waals surface area contributed by atoms with Crippen LogP contribution in [0.3, 0.4) is 0 Å². The Kier molecular flexibility index (Phi) is 4.93. The van der Waals surface area contributed by atoms with Gasteiger partial charge in [-0.15, -0.1) is 0 Å². The standard InChI is InChI=1S/C21H23ClN4/c1-2-3-21-24-7-9-26(21)14-16-10-20(13-23-12-16)25-8-6-17-11-19(22)5-4-18(17)15-25/h4-5,7,9-13H,2-3,6,8,14-15H2,1H3. The minimum absolute atomic E-state index is 0.816. The van der Waals surface area contributed by atoms with Crippen LogP contribution in [-0.2, 0) is 25.9 Å². The second kappa shape index (κ2) is 7.50. The van der Waals surface area contributed by atoms with Gasteiger partial charge in [-0.2, -0.15) is 0 Å². The van der Waals surface area contributed by atoms with Gasteiger partial charge in [0.2, 0.25) is 0 Å². The number of nitrogens with zero attached hydrogens (tertiary/aromatic N) is 4. The van der Waals surface area contributed by atoms with Crippen molar-refractivity contribution in [3.63, 3.8) is 0 Å². The van der Waals surface area contributed by atoms with Crippen LogP contribution in [0.25, 0.3) is 0 Å². The van der Waals surface area contributed by atoms with Gasteiger partial charge in [0.25, 0.3) is 0 Å². The van der Waals surface area contributed by atoms with Crippen molar-refractivity contribution in [3.8, 4) is 0 Å². The number of pyridine rings is 1. The molecule has 0 aliphatic carbocycles. The molecule has 0 radical (unpaired) electrons. The number of fused-ring (bicyclic) bond motifs is 1. The number of hydrogen-bond acceptors (Lipinski definition) is 3. The molecule has 1 aliphatic rings. The second-order valence-electron chi connectivity index (χ2n) is 6.86. The van der Waals surface area contributed by atoms with E-state index in [-0.39, 0.29) is 0 Å². The molecule has 0 N–H and O–H groups in total. The summed E-state index contributed by atoms with van der Waals surface area (Å²) in [7, 11) is 0. The van der Waals surface area contributed by atoms with Gasteiger partial charge < -0.3 is 9.47 Å². The van der Waals surface area contributed by atoms with Crippen LogP contribution >= 0.6 is 11.6 Å². The highest BCUT2D eigenvalue weighted by molar-refractivity contribution is 6.30. The molecule has 0 saturated carbocycles. The van der Waals surface area contributed by atoms with Gasteiger partial charge in [-0.05, 0) is 47.7 Å². The first-order valence-electron chi connectivity index (χ1n) is 9.19. The Labute approximate surface area is 159 Å². The van der Waals surface area contributed by atoms with E-state index < -0.39 is 0 Å². The molecule has 4 nitrogen and oxygen atoms in total. The summed E-state index contributed by atoms with van der Waals surface area (Å²) in [5, 5.41) is 0.823. The fourth-order valence-electron chi connectivity index (χ4n) is 3.61. The van der Waals surface area contributed by atoms with E-state index in [1.54, 1.807) is 0 Å². The molecule has 0 spiro atoms. The Morgan fingerprint density at radius 3 is 2.96 bits per heavy atom. The maximum atomic E-state index is 6.12. The molecule has 0 unspecified atom stereocenters. The van der Waals surface area contributed by atoms with Gasteiger partial charge in [-0.25, -0.2) is 4.98 Å². The molecular weight excluding hydrogens is 344 g/mol. The smallest absolute Gasteiger partial charge is 0.108 e. The van der Waals surface area contributed by atoms with Gasteiger partial charge >= 0.3 is 0 Å². The Morgan fingerprint density at radius 1 is 1.15 bits per heavy atom. The van der Waals surface area contributed by atoms with E-state index >= 15 is 0 Å². The Morgan fingerprint density at radius 2 is 2.08 bits per heavy atom. The SMILES string of the molecule is CCCc1nccn1Cc1cncc(N2CCc3cc(Cl)ccc3C2)c1. The van der Waals surface area contributed by atoms with Crippen molar-refractivity contribution in [2.75, 3.05) is 11.4 Å². The Hall–Kier alpha value is -2.33. The number of benzene rings is 1. The van der Waals surface area contributed by atoms with E-state index in [0.29, 0.717) is 0 Å². The Bertz CT molecular complexity index is 903. The molecule has 1 aliphatic heterocycles. The third-order valence-corrected chi connectivity index (χ3v) is 5.19. The quantitative estimate of drug-likeness (QED) is 0.667. The zero-order valence-corrected chi connectivity index (χ0v) is 15.8. The summed E-state index contributed by atoms with van der Waals surface area (Å²) in [6.07, 6.45) is 11.0. The van der Waals surface area contributed by atoms with Gasteiger partial charge in [0, 0.05) is 43.1 Å². The molecule has 3 heterocycles. The zero-order valence-electron chi connectivity index (χ0n) is 15.0. The van der Waals surface area contributed by atoms with E-state index in [2.05, 4.69) is 50.8 Å². The summed E-state index contributed by atoms with van der Waals surface area (Å²) in [4.78, 5) is 11.4. The molecule has 26 heavy (non-hydrogen) atoms. The molecule has 0 saturated heterocycles. The number of anilines is 1. The number of aromatic nitrogens is 3. The van der Waals surface area contributed by atoms with Gasteiger partial charge in [-0.3, -0.25) is 4.98 Å². The van der Waals surface area contributed by atoms with Gasteiger partial charge in [0.1, 0.15) is 5.82 Å². The van der Waals surface area contributed by atoms with Crippen molar-refractivity contribution in [3.05, 3.63) is 76.6 Å². The maximum Gasteiger partial charge on any atom is 0.108 e. The highest BCUT2D eigenvalue weighted by Crippen LogP contribution is 2.26. The summed E-state index contributed by atoms with van der Waals surface area (Å²) in [5.41, 5.74) is 5.10. The molecular formula is C21H23ClN4. The highest BCUT2D eigenvalue weighted by Gasteiger charge is 2.17. The molecule has 134 valence electrons. The van der Waals surface area contributed by atoms with E-state index in [1.807, 2.05) is 24.7 Å². The molecule has 4 rings (SSSR count). The molecule has 0 atom stereocenters. The Balaban J connectivity index is 1.53. The van der Waals surface area contributed by atoms with Crippen LogP contribution in [0.1, 0.15) is 35.9 Å². The molecule has 1 aromatic carbocycles. The zero-order chi connectivity index (χ0) is 17.9. The number of aryl methyl sites for hydroxylation is 1. The van der Waals surface area contributed by atoms with Crippen molar-refractivity contribution >= 4 is 17.3 Å². The molecule has 3 aromatic rings. The van der Waals surface area contributed by atoms with Crippen LogP contribution in [0, 0.1) is 0 Å². The minimum atomic E-state index is 0.816. The normalized spacial score (nSPS) is 13.7. The monoisotopic (exact) mass is 366 g/mol. The number of rotatable bonds is 5. The third-order valence-electron chi connectivity index (χ3n) is 4.95. The van der Waals surface area contributed by atoms with Crippen molar-refractivity contribution in [2.45, 2.75) is 39.3 Å². The number of imidazole rings is 1. The number of hydrogen-bond donors (Lipinski definition) is 0. The summed E-state index contributed by atoms with van der Waals surface area (Å²) in [6, 6.07) is 8.47. The molecule has 2 aromatic heterocycles. The first-order valence-corrected chi connectivity index (χ1v) is 9.57. The number of halogens is 1. The summed E-state index contributed by atoms with van der Waals surface area (Å²) in [5.74, 6) is 1.14. The first-order chi connectivity index (χ1) is 12.7. The predicted octanol–water partition coefficient (Wildman–Crippen LogP) is 4.50. The van der Waals surface area contributed by atoms with E-state index in [4.69, 9.17) is 11.6 Å². The average Bonchev–Trinajstić information content (AvgIpc) is 3.08. The van der Waals surface area contributed by atoms with Crippen molar-refractivity contribution in [2.24, 2.45) is 0 Å². The molecule has 5 heteroatoms. The summed E-state index contributed by atoms with van der Waals surface area (Å²) < 4.78 is 2.22. The second-order valence-corrected chi connectivity index (χ2v) is 7.29. The van der Waals surface area contributed by atoms with Crippen LogP contribution in [0.4, 0.5) is 5.69 Å². The lowest BCUT2D eigenvalue weighted by molar-refractivity contribution is 0.699. The van der Waals surface area contributed by atoms with Crippen molar-refractivity contribution in [1.29, 1.82) is 0 Å². The predicted molar refractivity (Wildman–Crippen MR) is 106 cm³/mol. The fourth-order valence-corrected chi connectivity index (χ4v) is 3.80. The largest absolute Gasteiger partial charge is 0.366 e. The van der Waals surface area contributed by atoms with E-state index in [1.165, 1.54) is 22.4 Å². The molecule has 0 fully saturated rings. The summed E-state index contributed by atoms with van der Waals surface area (Å²) >= 11 is 6.12. The van der Waals surface area contributed by atoms with E-state index in [9.17, 15) is 0 Å². The molecule has 0 bridgehead atoms. The first kappa shape index (κ1) is 17.1. The van der Waals surface area contributed by atoms with Gasteiger partial charge in [0.05, 0.1) is 18.4 Å². The third kappa shape index (κ3) is 3.61. The maximum absolute atomic E-state index is 6.12. The van der Waals surface area contributed by atoms with E-state index in [0.717, 1.165) is 49.7 Å². The van der Waals surface area contributed by atoms with Gasteiger partial charge in [-0.1, -0.05) is 24.6 Å². The lowest BCUT2D eigenvalue weighted by Crippen LogP contribution is -2.30. The van der Waals surface area contributed by atoms with Gasteiger partial charge in [0.15, 0.2) is 0 Å². The van der Waals surface area contributed by atoms with Crippen LogP contribution in [0.2, 0.25) is 5.02 Å². The van der Waals surface area contributed by atoms with Crippen LogP contribution in [-0.4, -0.2) is 21.1 Å². The average molecular weight is 367 g/mol. The van der Waals surface area contributed by atoms with Crippen LogP contribution in [0.15, 0.2) is 49.1 Å². The highest BCUT2D eigenvalue weighted by atomic mass is 35.5. The van der Waals surface area contributed by atoms with Crippen molar-refractivity contribution < 1.29 is 0 Å². The summed E-state index contributed by atoms with van der Waals surface area (Å²) in [6.45, 7) is 4.90. The lowest BCUT2D eigenvalue weighted by atomic mass is 9.99. The molecule has 0 amide bonds. The fraction of sp³-hybridized carbons (Fsp3) is 0.333. The van der Waals surface area contributed by atoms with Crippen LogP contribution in [0.5, 0.6) is 0 Å². The van der Waals surface area contributed by atoms with Crippen molar-refractivity contribution in [1.82, 2.24) is 14.5 Å². The van der Waals surface area contributed by atoms with Crippen LogP contribution < -0.4 is 4.90 Å².